The Kier molecular flexibility index (Phi) is 4.99. The maximum absolute atomic E-state index is 12.4. The number of hydrogen-bond donors (Lipinski definition) is 1. The molecule has 114 valence electrons. The van der Waals surface area contributed by atoms with Crippen molar-refractivity contribution >= 4 is 11.9 Å². The van der Waals surface area contributed by atoms with Gasteiger partial charge in [-0.1, -0.05) is 32.0 Å². The van der Waals surface area contributed by atoms with Gasteiger partial charge in [0, 0.05) is 13.1 Å². The Hall–Kier alpha value is -1.84. The number of rotatable bonds is 4. The van der Waals surface area contributed by atoms with Gasteiger partial charge in [-0.15, -0.1) is 0 Å². The smallest absolute Gasteiger partial charge is 0.335 e. The number of aromatic carboxylic acids is 1. The summed E-state index contributed by atoms with van der Waals surface area (Å²) in [6.45, 7) is 6.03. The van der Waals surface area contributed by atoms with Crippen molar-refractivity contribution in [3.8, 4) is 0 Å². The van der Waals surface area contributed by atoms with Crippen LogP contribution in [0.2, 0.25) is 0 Å². The average Bonchev–Trinajstić information content (AvgIpc) is 2.47. The van der Waals surface area contributed by atoms with E-state index in [1.54, 1.807) is 24.3 Å². The third-order valence-corrected chi connectivity index (χ3v) is 4.42. The number of likely N-dealkylation sites (tertiary alicyclic amines) is 1. The quantitative estimate of drug-likeness (QED) is 0.927. The molecule has 0 saturated carbocycles. The van der Waals surface area contributed by atoms with Crippen LogP contribution in [0.5, 0.6) is 0 Å². The molecule has 1 N–H and O–H groups in total. The number of benzene rings is 1. The minimum atomic E-state index is -0.975. The zero-order valence-electron chi connectivity index (χ0n) is 12.7. The fraction of sp³-hybridized carbons (Fsp3) is 0.529. The number of amides is 1. The van der Waals surface area contributed by atoms with Crippen LogP contribution in [0.4, 0.5) is 0 Å². The van der Waals surface area contributed by atoms with E-state index < -0.39 is 5.97 Å². The van der Waals surface area contributed by atoms with Crippen LogP contribution in [-0.2, 0) is 11.2 Å². The molecule has 1 aromatic carbocycles. The van der Waals surface area contributed by atoms with Crippen molar-refractivity contribution in [1.29, 1.82) is 0 Å². The molecule has 21 heavy (non-hydrogen) atoms. The van der Waals surface area contributed by atoms with Gasteiger partial charge in [0.2, 0.25) is 5.91 Å². The number of carboxylic acids is 1. The lowest BCUT2D eigenvalue weighted by molar-refractivity contribution is -0.132. The van der Waals surface area contributed by atoms with E-state index in [4.69, 9.17) is 5.11 Å². The Morgan fingerprint density at radius 2 is 1.86 bits per heavy atom. The first-order valence-electron chi connectivity index (χ1n) is 7.58. The molecule has 2 rings (SSSR count). The van der Waals surface area contributed by atoms with Crippen molar-refractivity contribution in [2.24, 2.45) is 11.8 Å². The zero-order chi connectivity index (χ0) is 15.4. The van der Waals surface area contributed by atoms with Crippen molar-refractivity contribution in [3.05, 3.63) is 35.4 Å². The summed E-state index contributed by atoms with van der Waals surface area (Å²) >= 11 is 0. The second-order valence-corrected chi connectivity index (χ2v) is 6.10. The minimum Gasteiger partial charge on any atom is -0.478 e. The molecule has 0 atom stereocenters. The van der Waals surface area contributed by atoms with Crippen LogP contribution in [0.25, 0.3) is 0 Å². The lowest BCUT2D eigenvalue weighted by Crippen LogP contribution is -2.40. The van der Waals surface area contributed by atoms with Crippen molar-refractivity contribution in [2.45, 2.75) is 33.1 Å². The summed E-state index contributed by atoms with van der Waals surface area (Å²) < 4.78 is 0. The third-order valence-electron chi connectivity index (χ3n) is 4.42. The minimum absolute atomic E-state index is 0.0332. The first-order chi connectivity index (χ1) is 9.99. The largest absolute Gasteiger partial charge is 0.478 e. The van der Waals surface area contributed by atoms with E-state index in [0.717, 1.165) is 25.9 Å². The fourth-order valence-corrected chi connectivity index (χ4v) is 2.97. The van der Waals surface area contributed by atoms with Crippen LogP contribution >= 0.6 is 0 Å². The molecule has 1 fully saturated rings. The van der Waals surface area contributed by atoms with E-state index in [2.05, 4.69) is 13.8 Å². The molecule has 0 radical (unpaired) electrons. The maximum atomic E-state index is 12.4. The summed E-state index contributed by atoms with van der Waals surface area (Å²) in [5, 5.41) is 9.16. The van der Waals surface area contributed by atoms with Gasteiger partial charge in [0.05, 0.1) is 12.0 Å². The van der Waals surface area contributed by atoms with E-state index in [9.17, 15) is 9.59 Å². The molecule has 1 aliphatic heterocycles. The van der Waals surface area contributed by atoms with Gasteiger partial charge in [-0.25, -0.2) is 4.79 Å². The number of piperidine rings is 1. The predicted octanol–water partition coefficient (Wildman–Crippen LogP) is 2.82. The Morgan fingerprint density at radius 3 is 2.43 bits per heavy atom. The number of carbonyl (C=O) groups is 2. The SMILES string of the molecule is CC(C)C1CCN(C(=O)Cc2ccccc2C(=O)O)CC1. The van der Waals surface area contributed by atoms with Crippen molar-refractivity contribution < 1.29 is 14.7 Å². The van der Waals surface area contributed by atoms with Gasteiger partial charge in [0.1, 0.15) is 0 Å². The topological polar surface area (TPSA) is 57.6 Å². The molecule has 1 amide bonds. The van der Waals surface area contributed by atoms with Gasteiger partial charge in [0.15, 0.2) is 0 Å². The average molecular weight is 289 g/mol. The molecule has 4 nitrogen and oxygen atoms in total. The third kappa shape index (κ3) is 3.84. The molecule has 1 aliphatic rings. The molecule has 4 heteroatoms. The normalized spacial score (nSPS) is 16.2. The highest BCUT2D eigenvalue weighted by Gasteiger charge is 2.25. The lowest BCUT2D eigenvalue weighted by Gasteiger charge is -2.34. The van der Waals surface area contributed by atoms with Gasteiger partial charge < -0.3 is 10.0 Å². The second kappa shape index (κ2) is 6.74. The molecule has 1 heterocycles. The lowest BCUT2D eigenvalue weighted by atomic mass is 9.86. The first kappa shape index (κ1) is 15.5. The van der Waals surface area contributed by atoms with E-state index in [0.29, 0.717) is 17.4 Å². The van der Waals surface area contributed by atoms with Crippen LogP contribution in [0.1, 0.15) is 42.6 Å². The van der Waals surface area contributed by atoms with E-state index in [1.807, 2.05) is 4.90 Å². The Labute approximate surface area is 125 Å². The zero-order valence-corrected chi connectivity index (χ0v) is 12.7. The van der Waals surface area contributed by atoms with Crippen molar-refractivity contribution in [2.75, 3.05) is 13.1 Å². The maximum Gasteiger partial charge on any atom is 0.335 e. The number of carbonyl (C=O) groups excluding carboxylic acids is 1. The Morgan fingerprint density at radius 1 is 1.24 bits per heavy atom. The fourth-order valence-electron chi connectivity index (χ4n) is 2.97. The van der Waals surface area contributed by atoms with Gasteiger partial charge in [-0.2, -0.15) is 0 Å². The number of hydrogen-bond acceptors (Lipinski definition) is 2. The molecule has 0 bridgehead atoms. The molecular weight excluding hydrogens is 266 g/mol. The van der Waals surface area contributed by atoms with Crippen LogP contribution in [0, 0.1) is 11.8 Å². The van der Waals surface area contributed by atoms with Gasteiger partial charge in [-0.3, -0.25) is 4.79 Å². The molecule has 0 unspecified atom stereocenters. The van der Waals surface area contributed by atoms with Crippen LogP contribution in [0.3, 0.4) is 0 Å². The van der Waals surface area contributed by atoms with Gasteiger partial charge in [0.25, 0.3) is 0 Å². The van der Waals surface area contributed by atoms with E-state index >= 15 is 0 Å². The summed E-state index contributed by atoms with van der Waals surface area (Å²) in [6, 6.07) is 6.74. The van der Waals surface area contributed by atoms with Crippen LogP contribution < -0.4 is 0 Å². The van der Waals surface area contributed by atoms with Gasteiger partial charge >= 0.3 is 5.97 Å². The highest BCUT2D eigenvalue weighted by atomic mass is 16.4. The molecular formula is C17H23NO3. The molecule has 1 aromatic rings. The monoisotopic (exact) mass is 289 g/mol. The number of carboxylic acid groups (broad SMARTS) is 1. The summed E-state index contributed by atoms with van der Waals surface area (Å²) in [5.41, 5.74) is 0.823. The highest BCUT2D eigenvalue weighted by molar-refractivity contribution is 5.91. The summed E-state index contributed by atoms with van der Waals surface area (Å²) in [7, 11) is 0. The van der Waals surface area contributed by atoms with Crippen LogP contribution in [0.15, 0.2) is 24.3 Å². The summed E-state index contributed by atoms with van der Waals surface area (Å²) in [4.78, 5) is 25.4. The van der Waals surface area contributed by atoms with E-state index in [1.165, 1.54) is 0 Å². The highest BCUT2D eigenvalue weighted by Crippen LogP contribution is 2.25. The Balaban J connectivity index is 1.98. The molecule has 0 aromatic heterocycles. The number of nitrogens with zero attached hydrogens (tertiary/aromatic N) is 1. The van der Waals surface area contributed by atoms with Crippen molar-refractivity contribution in [3.63, 3.8) is 0 Å². The van der Waals surface area contributed by atoms with Crippen LogP contribution in [-0.4, -0.2) is 35.0 Å². The second-order valence-electron chi connectivity index (χ2n) is 6.10. The molecule has 0 spiro atoms. The van der Waals surface area contributed by atoms with Crippen molar-refractivity contribution in [1.82, 2.24) is 4.90 Å². The first-order valence-corrected chi connectivity index (χ1v) is 7.58. The molecule has 0 aliphatic carbocycles. The predicted molar refractivity (Wildman–Crippen MR) is 81.2 cm³/mol. The molecule has 1 saturated heterocycles. The summed E-state index contributed by atoms with van der Waals surface area (Å²) in [5.74, 6) is 0.415. The standard InChI is InChI=1S/C17H23NO3/c1-12(2)13-7-9-18(10-8-13)16(19)11-14-5-3-4-6-15(14)17(20)21/h3-6,12-13H,7-11H2,1-2H3,(H,20,21). The summed E-state index contributed by atoms with van der Waals surface area (Å²) in [6.07, 6.45) is 2.27. The van der Waals surface area contributed by atoms with Gasteiger partial charge in [-0.05, 0) is 36.3 Å². The Bertz CT molecular complexity index is 517. The van der Waals surface area contributed by atoms with E-state index in [-0.39, 0.29) is 17.9 Å².